The highest BCUT2D eigenvalue weighted by molar-refractivity contribution is 7.15. The SMILES string of the molecule is COC(=O)c1sc(C#CC(C)C)cc1N(C(=O)C1CCC(C)CC1)C1CCNCC1. The Morgan fingerprint density at radius 2 is 1.83 bits per heavy atom. The van der Waals surface area contributed by atoms with E-state index >= 15 is 0 Å². The van der Waals surface area contributed by atoms with E-state index < -0.39 is 5.97 Å². The van der Waals surface area contributed by atoms with E-state index in [1.165, 1.54) is 18.4 Å². The summed E-state index contributed by atoms with van der Waals surface area (Å²) in [7, 11) is 1.39. The van der Waals surface area contributed by atoms with Gasteiger partial charge in [-0.1, -0.05) is 32.6 Å². The van der Waals surface area contributed by atoms with Crippen LogP contribution in [0, 0.1) is 29.6 Å². The topological polar surface area (TPSA) is 58.6 Å². The first-order chi connectivity index (χ1) is 14.4. The summed E-state index contributed by atoms with van der Waals surface area (Å²) in [5, 5.41) is 3.38. The van der Waals surface area contributed by atoms with Crippen molar-refractivity contribution in [1.82, 2.24) is 5.32 Å². The Morgan fingerprint density at radius 3 is 2.43 bits per heavy atom. The smallest absolute Gasteiger partial charge is 0.350 e. The van der Waals surface area contributed by atoms with Crippen LogP contribution in [0.3, 0.4) is 0 Å². The number of rotatable bonds is 4. The molecular formula is C24H34N2O3S. The van der Waals surface area contributed by atoms with Crippen molar-refractivity contribution >= 4 is 28.9 Å². The number of carbonyl (C=O) groups is 2. The van der Waals surface area contributed by atoms with Gasteiger partial charge < -0.3 is 15.0 Å². The summed E-state index contributed by atoms with van der Waals surface area (Å²) in [5.74, 6) is 7.08. The minimum absolute atomic E-state index is 0.0340. The molecule has 164 valence electrons. The van der Waals surface area contributed by atoms with E-state index in [1.807, 2.05) is 24.8 Å². The lowest BCUT2D eigenvalue weighted by Crippen LogP contribution is -2.49. The molecule has 0 bridgehead atoms. The molecule has 1 N–H and O–H groups in total. The third kappa shape index (κ3) is 5.44. The maximum atomic E-state index is 13.8. The van der Waals surface area contributed by atoms with Crippen LogP contribution < -0.4 is 10.2 Å². The fourth-order valence-corrected chi connectivity index (χ4v) is 5.27. The van der Waals surface area contributed by atoms with Crippen LogP contribution in [0.25, 0.3) is 0 Å². The number of carbonyl (C=O) groups excluding carboxylic acids is 2. The minimum Gasteiger partial charge on any atom is -0.465 e. The second-order valence-corrected chi connectivity index (χ2v) is 9.94. The number of methoxy groups -OCH3 is 1. The van der Waals surface area contributed by atoms with E-state index in [2.05, 4.69) is 24.1 Å². The van der Waals surface area contributed by atoms with Gasteiger partial charge in [-0.05, 0) is 63.6 Å². The highest BCUT2D eigenvalue weighted by Crippen LogP contribution is 2.37. The summed E-state index contributed by atoms with van der Waals surface area (Å²) < 4.78 is 5.07. The Labute approximate surface area is 184 Å². The molecule has 0 spiro atoms. The minimum atomic E-state index is -0.392. The van der Waals surface area contributed by atoms with E-state index in [4.69, 9.17) is 4.74 Å². The predicted octanol–water partition coefficient (Wildman–Crippen LogP) is 4.45. The lowest BCUT2D eigenvalue weighted by atomic mass is 9.82. The van der Waals surface area contributed by atoms with Crippen LogP contribution in [-0.2, 0) is 9.53 Å². The number of esters is 1. The van der Waals surface area contributed by atoms with Crippen LogP contribution in [-0.4, -0.2) is 38.1 Å². The Morgan fingerprint density at radius 1 is 1.17 bits per heavy atom. The Bertz CT molecular complexity index is 806. The van der Waals surface area contributed by atoms with Crippen LogP contribution >= 0.6 is 11.3 Å². The molecule has 0 unspecified atom stereocenters. The molecule has 3 rings (SSSR count). The van der Waals surface area contributed by atoms with Gasteiger partial charge in [0.25, 0.3) is 0 Å². The number of piperidine rings is 1. The van der Waals surface area contributed by atoms with Gasteiger partial charge in [0.2, 0.25) is 5.91 Å². The number of amides is 1. The quantitative estimate of drug-likeness (QED) is 0.566. The second kappa shape index (κ2) is 10.5. The normalized spacial score (nSPS) is 22.3. The molecule has 6 heteroatoms. The largest absolute Gasteiger partial charge is 0.465 e. The molecule has 1 aromatic heterocycles. The molecule has 1 aromatic rings. The van der Waals surface area contributed by atoms with E-state index in [0.717, 1.165) is 56.5 Å². The molecule has 1 saturated carbocycles. The van der Waals surface area contributed by atoms with Crippen molar-refractivity contribution in [1.29, 1.82) is 0 Å². The fraction of sp³-hybridized carbons (Fsp3) is 0.667. The van der Waals surface area contributed by atoms with Crippen LogP contribution in [0.1, 0.15) is 73.8 Å². The van der Waals surface area contributed by atoms with Crippen LogP contribution in [0.5, 0.6) is 0 Å². The van der Waals surface area contributed by atoms with Crippen LogP contribution in [0.4, 0.5) is 5.69 Å². The van der Waals surface area contributed by atoms with Crippen molar-refractivity contribution in [3.8, 4) is 11.8 Å². The van der Waals surface area contributed by atoms with Gasteiger partial charge in [-0.15, -0.1) is 11.3 Å². The number of hydrogen-bond donors (Lipinski definition) is 1. The second-order valence-electron chi connectivity index (χ2n) is 8.89. The molecule has 2 heterocycles. The van der Waals surface area contributed by atoms with E-state index in [1.54, 1.807) is 0 Å². The number of thiophene rings is 1. The molecule has 0 radical (unpaired) electrons. The van der Waals surface area contributed by atoms with Crippen molar-refractivity contribution < 1.29 is 14.3 Å². The van der Waals surface area contributed by atoms with E-state index in [9.17, 15) is 9.59 Å². The van der Waals surface area contributed by atoms with Gasteiger partial charge in [-0.2, -0.15) is 0 Å². The summed E-state index contributed by atoms with van der Waals surface area (Å²) in [6.45, 7) is 8.11. The van der Waals surface area contributed by atoms with Gasteiger partial charge in [0.1, 0.15) is 4.88 Å². The van der Waals surface area contributed by atoms with Crippen molar-refractivity contribution in [3.63, 3.8) is 0 Å². The number of nitrogens with zero attached hydrogens (tertiary/aromatic N) is 1. The van der Waals surface area contributed by atoms with Gasteiger partial charge in [0.05, 0.1) is 17.7 Å². The van der Waals surface area contributed by atoms with E-state index in [-0.39, 0.29) is 23.8 Å². The summed E-state index contributed by atoms with van der Waals surface area (Å²) in [6.07, 6.45) is 5.82. The molecular weight excluding hydrogens is 396 g/mol. The monoisotopic (exact) mass is 430 g/mol. The maximum Gasteiger partial charge on any atom is 0.350 e. The fourth-order valence-electron chi connectivity index (χ4n) is 4.34. The molecule has 1 saturated heterocycles. The first-order valence-electron chi connectivity index (χ1n) is 11.2. The predicted molar refractivity (Wildman–Crippen MR) is 122 cm³/mol. The molecule has 0 atom stereocenters. The van der Waals surface area contributed by atoms with Crippen molar-refractivity contribution in [2.24, 2.45) is 17.8 Å². The molecule has 2 aliphatic rings. The zero-order chi connectivity index (χ0) is 21.7. The number of ether oxygens (including phenoxy) is 1. The number of nitrogens with one attached hydrogen (secondary N) is 1. The molecule has 5 nitrogen and oxygen atoms in total. The molecule has 1 amide bonds. The summed E-state index contributed by atoms with van der Waals surface area (Å²) in [4.78, 5) is 29.6. The van der Waals surface area contributed by atoms with Gasteiger partial charge in [-0.25, -0.2) is 4.79 Å². The average molecular weight is 431 g/mol. The molecule has 1 aliphatic carbocycles. The highest BCUT2D eigenvalue weighted by atomic mass is 32.1. The van der Waals surface area contributed by atoms with Gasteiger partial charge in [0.15, 0.2) is 0 Å². The summed E-state index contributed by atoms with van der Waals surface area (Å²) >= 11 is 1.33. The summed E-state index contributed by atoms with van der Waals surface area (Å²) in [6, 6.07) is 2.03. The lowest BCUT2D eigenvalue weighted by molar-refractivity contribution is -0.124. The average Bonchev–Trinajstić information content (AvgIpc) is 3.17. The lowest BCUT2D eigenvalue weighted by Gasteiger charge is -2.38. The Hall–Kier alpha value is -1.84. The van der Waals surface area contributed by atoms with Crippen LogP contribution in [0.15, 0.2) is 6.07 Å². The van der Waals surface area contributed by atoms with Gasteiger partial charge >= 0.3 is 5.97 Å². The zero-order valence-corrected chi connectivity index (χ0v) is 19.4. The Balaban J connectivity index is 2.00. The first kappa shape index (κ1) is 22.8. The van der Waals surface area contributed by atoms with Crippen LogP contribution in [0.2, 0.25) is 0 Å². The van der Waals surface area contributed by atoms with Gasteiger partial charge in [0, 0.05) is 17.9 Å². The standard InChI is InChI=1S/C24H34N2O3S/c1-16(2)5-10-20-15-21(22(30-20)24(28)29-4)26(19-11-13-25-14-12-19)23(27)18-8-6-17(3)7-9-18/h15-19,25H,6-9,11-14H2,1-4H3. The first-order valence-corrected chi connectivity index (χ1v) is 12.0. The highest BCUT2D eigenvalue weighted by Gasteiger charge is 2.36. The molecule has 0 aromatic carbocycles. The van der Waals surface area contributed by atoms with Crippen molar-refractivity contribution in [2.45, 2.75) is 65.3 Å². The van der Waals surface area contributed by atoms with Gasteiger partial charge in [-0.3, -0.25) is 4.79 Å². The number of hydrogen-bond acceptors (Lipinski definition) is 5. The third-order valence-corrected chi connectivity index (χ3v) is 7.12. The Kier molecular flexibility index (Phi) is 7.96. The third-order valence-electron chi connectivity index (χ3n) is 6.10. The zero-order valence-electron chi connectivity index (χ0n) is 18.6. The van der Waals surface area contributed by atoms with E-state index in [0.29, 0.717) is 16.5 Å². The number of anilines is 1. The van der Waals surface area contributed by atoms with Crippen molar-refractivity contribution in [3.05, 3.63) is 15.8 Å². The summed E-state index contributed by atoms with van der Waals surface area (Å²) in [5.41, 5.74) is 0.690. The molecule has 1 aliphatic heterocycles. The maximum absolute atomic E-state index is 13.8. The molecule has 2 fully saturated rings. The molecule has 30 heavy (non-hydrogen) atoms. The van der Waals surface area contributed by atoms with Crippen molar-refractivity contribution in [2.75, 3.05) is 25.1 Å².